The first-order valence-electron chi connectivity index (χ1n) is 3.37. The van der Waals surface area contributed by atoms with Gasteiger partial charge in [0.1, 0.15) is 0 Å². The second-order valence-electron chi connectivity index (χ2n) is 2.71. The largest absolute Gasteiger partial charge is 0.453 e. The molecule has 2 nitrogen and oxygen atoms in total. The molecule has 2 unspecified atom stereocenters. The van der Waals surface area contributed by atoms with E-state index in [1.54, 1.807) is 0 Å². The summed E-state index contributed by atoms with van der Waals surface area (Å²) in [5.74, 6) is -5.41. The van der Waals surface area contributed by atoms with E-state index in [4.69, 9.17) is 0 Å². The standard InChI is InChI=1S/C5HClF8O2/c6-2(8)1(7)15-3(16-2,4(9,10)11)5(12,13)14/h1H. The van der Waals surface area contributed by atoms with Crippen LogP contribution < -0.4 is 0 Å². The van der Waals surface area contributed by atoms with Gasteiger partial charge < -0.3 is 0 Å². The summed E-state index contributed by atoms with van der Waals surface area (Å²) in [5.41, 5.74) is 0. The van der Waals surface area contributed by atoms with E-state index in [2.05, 4.69) is 21.1 Å². The number of rotatable bonds is 0. The van der Waals surface area contributed by atoms with Gasteiger partial charge in [0.2, 0.25) is 0 Å². The Morgan fingerprint density at radius 1 is 1.00 bits per heavy atom. The van der Waals surface area contributed by atoms with Crippen LogP contribution in [0.25, 0.3) is 0 Å². The Morgan fingerprint density at radius 3 is 1.50 bits per heavy atom. The van der Waals surface area contributed by atoms with Gasteiger partial charge in [-0.3, -0.25) is 9.47 Å². The topological polar surface area (TPSA) is 18.5 Å². The fraction of sp³-hybridized carbons (Fsp3) is 1.00. The molecule has 1 saturated heterocycles. The van der Waals surface area contributed by atoms with Crippen molar-refractivity contribution >= 4 is 11.6 Å². The molecule has 0 N–H and O–H groups in total. The van der Waals surface area contributed by atoms with E-state index in [0.29, 0.717) is 0 Å². The fourth-order valence-electron chi connectivity index (χ4n) is 0.886. The molecular weight excluding hydrogens is 279 g/mol. The molecule has 0 aliphatic carbocycles. The van der Waals surface area contributed by atoms with Crippen molar-refractivity contribution in [1.29, 1.82) is 0 Å². The van der Waals surface area contributed by atoms with Crippen LogP contribution in [0, 0.1) is 0 Å². The summed E-state index contributed by atoms with van der Waals surface area (Å²) in [5, 5.41) is -4.36. The molecule has 0 amide bonds. The lowest BCUT2D eigenvalue weighted by molar-refractivity contribution is -0.452. The molecule has 1 aliphatic heterocycles. The zero-order valence-electron chi connectivity index (χ0n) is 6.80. The van der Waals surface area contributed by atoms with Crippen LogP contribution in [0.15, 0.2) is 0 Å². The summed E-state index contributed by atoms with van der Waals surface area (Å²) >= 11 is 4.33. The Morgan fingerprint density at radius 2 is 1.38 bits per heavy atom. The Balaban J connectivity index is 3.22. The number of alkyl halides is 9. The molecule has 0 spiro atoms. The number of hydrogen-bond donors (Lipinski definition) is 0. The summed E-state index contributed by atoms with van der Waals surface area (Å²) in [6.45, 7) is 0. The predicted molar refractivity (Wildman–Crippen MR) is 31.6 cm³/mol. The molecule has 0 radical (unpaired) electrons. The van der Waals surface area contributed by atoms with Gasteiger partial charge in [0.25, 0.3) is 6.36 Å². The highest BCUT2D eigenvalue weighted by atomic mass is 35.5. The van der Waals surface area contributed by atoms with Crippen LogP contribution in [0.4, 0.5) is 35.1 Å². The lowest BCUT2D eigenvalue weighted by Gasteiger charge is -2.30. The molecular formula is C5HClF8O2. The molecule has 1 fully saturated rings. The maximum absolute atomic E-state index is 12.6. The van der Waals surface area contributed by atoms with E-state index in [1.165, 1.54) is 0 Å². The maximum Gasteiger partial charge on any atom is 0.453 e. The van der Waals surface area contributed by atoms with Gasteiger partial charge in [0.15, 0.2) is 0 Å². The minimum absolute atomic E-state index is 2.83. The van der Waals surface area contributed by atoms with Gasteiger partial charge in [-0.2, -0.15) is 30.7 Å². The molecule has 16 heavy (non-hydrogen) atoms. The Bertz CT molecular complexity index is 269. The van der Waals surface area contributed by atoms with Crippen LogP contribution >= 0.6 is 11.6 Å². The summed E-state index contributed by atoms with van der Waals surface area (Å²) < 4.78 is 103. The highest BCUT2D eigenvalue weighted by molar-refractivity contribution is 6.22. The van der Waals surface area contributed by atoms with Crippen LogP contribution in [-0.4, -0.2) is 29.8 Å². The lowest BCUT2D eigenvalue weighted by atomic mass is 10.2. The molecule has 1 heterocycles. The van der Waals surface area contributed by atoms with Crippen molar-refractivity contribution in [2.24, 2.45) is 0 Å². The summed E-state index contributed by atoms with van der Waals surface area (Å²) in [6.07, 6.45) is -16.2. The summed E-state index contributed by atoms with van der Waals surface area (Å²) in [4.78, 5) is 0. The molecule has 2 atom stereocenters. The van der Waals surface area contributed by atoms with Crippen LogP contribution in [-0.2, 0) is 9.47 Å². The molecule has 0 aromatic carbocycles. The van der Waals surface area contributed by atoms with E-state index in [0.717, 1.165) is 0 Å². The minimum atomic E-state index is -6.24. The van der Waals surface area contributed by atoms with Crippen molar-refractivity contribution < 1.29 is 44.6 Å². The van der Waals surface area contributed by atoms with Crippen molar-refractivity contribution in [3.63, 3.8) is 0 Å². The van der Waals surface area contributed by atoms with Crippen molar-refractivity contribution in [2.75, 3.05) is 0 Å². The van der Waals surface area contributed by atoms with E-state index >= 15 is 0 Å². The SMILES string of the molecule is FC1OC(C(F)(F)F)(C(F)(F)F)OC1(F)Cl. The second kappa shape index (κ2) is 3.33. The molecule has 11 heteroatoms. The zero-order valence-corrected chi connectivity index (χ0v) is 7.55. The quantitative estimate of drug-likeness (QED) is 0.502. The monoisotopic (exact) mass is 280 g/mol. The van der Waals surface area contributed by atoms with Gasteiger partial charge in [-0.25, -0.2) is 4.39 Å². The summed E-state index contributed by atoms with van der Waals surface area (Å²) in [6, 6.07) is 0. The summed E-state index contributed by atoms with van der Waals surface area (Å²) in [7, 11) is 0. The van der Waals surface area contributed by atoms with Crippen LogP contribution in [0.3, 0.4) is 0 Å². The predicted octanol–water partition coefficient (Wildman–Crippen LogP) is 3.01. The molecule has 0 saturated carbocycles. The van der Waals surface area contributed by atoms with Crippen molar-refractivity contribution in [2.45, 2.75) is 29.8 Å². The molecule has 1 aliphatic rings. The first kappa shape index (κ1) is 13.7. The molecule has 1 rings (SSSR count). The average Bonchev–Trinajstić information content (AvgIpc) is 2.21. The second-order valence-corrected chi connectivity index (χ2v) is 3.23. The lowest BCUT2D eigenvalue weighted by Crippen LogP contribution is -2.58. The Kier molecular flexibility index (Phi) is 2.85. The highest BCUT2D eigenvalue weighted by Gasteiger charge is 2.82. The van der Waals surface area contributed by atoms with Gasteiger partial charge in [-0.05, 0) is 11.6 Å². The fourth-order valence-corrected chi connectivity index (χ4v) is 1.04. The van der Waals surface area contributed by atoms with Gasteiger partial charge in [-0.1, -0.05) is 0 Å². The van der Waals surface area contributed by atoms with Crippen molar-refractivity contribution in [3.8, 4) is 0 Å². The first-order valence-corrected chi connectivity index (χ1v) is 3.74. The normalized spacial score (nSPS) is 35.4. The Hall–Kier alpha value is -0.350. The highest BCUT2D eigenvalue weighted by Crippen LogP contribution is 2.55. The van der Waals surface area contributed by atoms with Crippen molar-refractivity contribution in [1.82, 2.24) is 0 Å². The number of ether oxygens (including phenoxy) is 2. The van der Waals surface area contributed by atoms with Gasteiger partial charge >= 0.3 is 23.5 Å². The maximum atomic E-state index is 12.6. The van der Waals surface area contributed by atoms with Gasteiger partial charge in [0, 0.05) is 0 Å². The van der Waals surface area contributed by atoms with Gasteiger partial charge in [-0.15, -0.1) is 0 Å². The molecule has 96 valence electrons. The third-order valence-electron chi connectivity index (χ3n) is 1.56. The molecule has 0 aromatic heterocycles. The van der Waals surface area contributed by atoms with Crippen molar-refractivity contribution in [3.05, 3.63) is 0 Å². The molecule has 0 bridgehead atoms. The van der Waals surface area contributed by atoms with E-state index in [1.807, 2.05) is 0 Å². The van der Waals surface area contributed by atoms with Crippen LogP contribution in [0.1, 0.15) is 0 Å². The third-order valence-corrected chi connectivity index (χ3v) is 1.81. The first-order chi connectivity index (χ1) is 6.83. The Labute approximate surface area is 87.0 Å². The number of halogens is 9. The van der Waals surface area contributed by atoms with Crippen LogP contribution in [0.2, 0.25) is 0 Å². The molecule has 0 aromatic rings. The van der Waals surface area contributed by atoms with E-state index < -0.39 is 29.8 Å². The minimum Gasteiger partial charge on any atom is -0.294 e. The van der Waals surface area contributed by atoms with E-state index in [-0.39, 0.29) is 0 Å². The van der Waals surface area contributed by atoms with Crippen LogP contribution in [0.5, 0.6) is 0 Å². The average molecular weight is 280 g/mol. The van der Waals surface area contributed by atoms with E-state index in [9.17, 15) is 35.1 Å². The smallest absolute Gasteiger partial charge is 0.294 e. The third kappa shape index (κ3) is 1.82. The number of hydrogen-bond acceptors (Lipinski definition) is 2. The zero-order chi connectivity index (χ0) is 13.0. The van der Waals surface area contributed by atoms with Gasteiger partial charge in [0.05, 0.1) is 0 Å².